The molecule has 2 aromatic carbocycles. The van der Waals surface area contributed by atoms with Crippen molar-refractivity contribution < 1.29 is 14.3 Å². The molecule has 1 aliphatic carbocycles. The minimum atomic E-state index is -0.417. The molecule has 0 bridgehead atoms. The molecule has 0 unspecified atom stereocenters. The predicted octanol–water partition coefficient (Wildman–Crippen LogP) is 7.25. The van der Waals surface area contributed by atoms with Crippen LogP contribution in [0.3, 0.4) is 0 Å². The molecule has 0 saturated heterocycles. The number of rotatable bonds is 7. The maximum Gasteiger partial charge on any atom is 0.341 e. The lowest BCUT2D eigenvalue weighted by Crippen LogP contribution is -2.12. The second-order valence-corrected chi connectivity index (χ2v) is 9.79. The number of aryl methyl sites for hydroxylation is 2. The smallest absolute Gasteiger partial charge is 0.341 e. The Bertz CT molecular complexity index is 1200. The Kier molecular flexibility index (Phi) is 7.63. The topological polar surface area (TPSA) is 55.4 Å². The minimum Gasteiger partial charge on any atom is -0.462 e. The summed E-state index contributed by atoms with van der Waals surface area (Å²) < 4.78 is 5.34. The number of carbonyl (C=O) groups is 2. The van der Waals surface area contributed by atoms with Crippen molar-refractivity contribution in [1.82, 2.24) is 0 Å². The second-order valence-electron chi connectivity index (χ2n) is 8.91. The largest absolute Gasteiger partial charge is 0.462 e. The van der Waals surface area contributed by atoms with Crippen LogP contribution in [-0.4, -0.2) is 18.5 Å². The summed E-state index contributed by atoms with van der Waals surface area (Å²) in [5.41, 5.74) is 7.16. The number of thiophene rings is 1. The molecular weight excluding hydrogens is 442 g/mol. The van der Waals surface area contributed by atoms with Gasteiger partial charge in [-0.3, -0.25) is 4.79 Å². The van der Waals surface area contributed by atoms with Crippen LogP contribution in [0, 0.1) is 0 Å². The van der Waals surface area contributed by atoms with Crippen molar-refractivity contribution in [2.45, 2.75) is 52.4 Å². The van der Waals surface area contributed by atoms with Crippen molar-refractivity contribution in [2.75, 3.05) is 11.9 Å². The van der Waals surface area contributed by atoms with E-state index in [1.807, 2.05) is 17.5 Å². The normalized spacial score (nSPS) is 13.2. The molecule has 0 saturated carbocycles. The highest BCUT2D eigenvalue weighted by Gasteiger charge is 2.23. The van der Waals surface area contributed by atoms with Gasteiger partial charge in [0, 0.05) is 17.0 Å². The van der Waals surface area contributed by atoms with Crippen molar-refractivity contribution in [3.63, 3.8) is 0 Å². The number of fused-ring (bicyclic) bond motifs is 1. The Morgan fingerprint density at radius 3 is 2.50 bits per heavy atom. The molecule has 1 heterocycles. The summed E-state index contributed by atoms with van der Waals surface area (Å²) in [6, 6.07) is 14.6. The van der Waals surface area contributed by atoms with Gasteiger partial charge in [-0.25, -0.2) is 4.79 Å². The average molecular weight is 474 g/mol. The first-order valence-corrected chi connectivity index (χ1v) is 12.8. The second kappa shape index (κ2) is 10.8. The molecule has 176 valence electrons. The lowest BCUT2D eigenvalue weighted by molar-refractivity contribution is -0.111. The van der Waals surface area contributed by atoms with Gasteiger partial charge in [-0.2, -0.15) is 0 Å². The highest BCUT2D eigenvalue weighted by molar-refractivity contribution is 7.15. The highest BCUT2D eigenvalue weighted by atomic mass is 32.1. The number of amides is 1. The van der Waals surface area contributed by atoms with Gasteiger partial charge in [0.2, 0.25) is 5.91 Å². The molecule has 3 aromatic rings. The van der Waals surface area contributed by atoms with Crippen molar-refractivity contribution in [1.29, 1.82) is 0 Å². The zero-order valence-corrected chi connectivity index (χ0v) is 20.8. The Labute approximate surface area is 205 Å². The van der Waals surface area contributed by atoms with E-state index in [1.54, 1.807) is 13.0 Å². The molecule has 1 aromatic heterocycles. The molecule has 1 N–H and O–H groups in total. The van der Waals surface area contributed by atoms with E-state index in [0.29, 0.717) is 16.5 Å². The fourth-order valence-electron chi connectivity index (χ4n) is 4.29. The number of anilines is 1. The van der Waals surface area contributed by atoms with Crippen molar-refractivity contribution in [3.8, 4) is 11.1 Å². The van der Waals surface area contributed by atoms with Gasteiger partial charge in [0.15, 0.2) is 0 Å². The molecule has 0 aliphatic heterocycles. The molecule has 1 amide bonds. The predicted molar refractivity (Wildman–Crippen MR) is 141 cm³/mol. The lowest BCUT2D eigenvalue weighted by Gasteiger charge is -2.17. The van der Waals surface area contributed by atoms with Gasteiger partial charge in [0.05, 0.1) is 6.61 Å². The first kappa shape index (κ1) is 24.0. The third kappa shape index (κ3) is 5.48. The Hall–Kier alpha value is -3.18. The molecule has 0 radical (unpaired) electrons. The molecule has 34 heavy (non-hydrogen) atoms. The number of hydrogen-bond acceptors (Lipinski definition) is 4. The van der Waals surface area contributed by atoms with Crippen LogP contribution < -0.4 is 5.32 Å². The van der Waals surface area contributed by atoms with Gasteiger partial charge in [-0.1, -0.05) is 56.3 Å². The Morgan fingerprint density at radius 2 is 1.79 bits per heavy atom. The summed E-state index contributed by atoms with van der Waals surface area (Å²) in [4.78, 5) is 25.6. The molecule has 4 rings (SSSR count). The van der Waals surface area contributed by atoms with Crippen LogP contribution in [0.4, 0.5) is 5.00 Å². The Morgan fingerprint density at radius 1 is 1.06 bits per heavy atom. The Balaban J connectivity index is 1.57. The van der Waals surface area contributed by atoms with E-state index in [-0.39, 0.29) is 12.5 Å². The first-order chi connectivity index (χ1) is 16.5. The summed E-state index contributed by atoms with van der Waals surface area (Å²) in [7, 11) is 0. The number of esters is 1. The molecule has 1 aliphatic rings. The van der Waals surface area contributed by atoms with Gasteiger partial charge >= 0.3 is 5.97 Å². The fraction of sp³-hybridized carbons (Fsp3) is 0.310. The van der Waals surface area contributed by atoms with E-state index in [9.17, 15) is 9.59 Å². The third-order valence-corrected chi connectivity index (χ3v) is 7.09. The van der Waals surface area contributed by atoms with E-state index >= 15 is 0 Å². The third-order valence-electron chi connectivity index (χ3n) is 6.20. The molecular formula is C29H31NO3S. The van der Waals surface area contributed by atoms with Crippen LogP contribution >= 0.6 is 11.3 Å². The van der Waals surface area contributed by atoms with E-state index in [0.717, 1.165) is 29.5 Å². The van der Waals surface area contributed by atoms with E-state index in [2.05, 4.69) is 49.5 Å². The zero-order valence-electron chi connectivity index (χ0n) is 20.0. The van der Waals surface area contributed by atoms with Crippen LogP contribution in [0.15, 0.2) is 53.9 Å². The molecule has 5 heteroatoms. The van der Waals surface area contributed by atoms with Crippen LogP contribution in [0.1, 0.15) is 72.1 Å². The van der Waals surface area contributed by atoms with Crippen molar-refractivity contribution in [2.24, 2.45) is 0 Å². The summed E-state index contributed by atoms with van der Waals surface area (Å²) in [6.45, 7) is 6.37. The summed E-state index contributed by atoms with van der Waals surface area (Å²) in [6.07, 6.45) is 7.87. The number of benzene rings is 2. The van der Waals surface area contributed by atoms with Gasteiger partial charge in [0.25, 0.3) is 0 Å². The summed E-state index contributed by atoms with van der Waals surface area (Å²) in [5, 5.41) is 5.34. The zero-order chi connectivity index (χ0) is 24.1. The number of nitrogens with one attached hydrogen (secondary N) is 1. The van der Waals surface area contributed by atoms with Crippen LogP contribution in [0.5, 0.6) is 0 Å². The standard InChI is InChI=1S/C29H31NO3S/c1-4-33-29(32)27-25(24-15-14-22-7-5-6-8-23(22)17-24)18-34-28(27)30-26(31)16-11-20-9-12-21(13-10-20)19(2)3/h9-19H,4-8H2,1-3H3,(H,30,31)/b16-11+. The quantitative estimate of drug-likeness (QED) is 0.290. The van der Waals surface area contributed by atoms with Gasteiger partial charge in [0.1, 0.15) is 10.6 Å². The SMILES string of the molecule is CCOC(=O)c1c(-c2ccc3c(c2)CCCC3)csc1NC(=O)/C=C/c1ccc(C(C)C)cc1. The average Bonchev–Trinajstić information content (AvgIpc) is 3.26. The van der Waals surface area contributed by atoms with Crippen molar-refractivity contribution >= 4 is 34.3 Å². The molecule has 0 spiro atoms. The summed E-state index contributed by atoms with van der Waals surface area (Å²) in [5.74, 6) is -0.233. The maximum absolute atomic E-state index is 12.9. The number of hydrogen-bond donors (Lipinski definition) is 1. The van der Waals surface area contributed by atoms with E-state index in [1.165, 1.54) is 46.9 Å². The van der Waals surface area contributed by atoms with Gasteiger partial charge < -0.3 is 10.1 Å². The van der Waals surface area contributed by atoms with Crippen LogP contribution in [0.2, 0.25) is 0 Å². The molecule has 4 nitrogen and oxygen atoms in total. The molecule has 0 fully saturated rings. The minimum absolute atomic E-state index is 0.276. The number of carbonyl (C=O) groups excluding carboxylic acids is 2. The molecule has 0 atom stereocenters. The lowest BCUT2D eigenvalue weighted by atomic mass is 9.89. The maximum atomic E-state index is 12.9. The van der Waals surface area contributed by atoms with Crippen LogP contribution in [-0.2, 0) is 22.4 Å². The van der Waals surface area contributed by atoms with Gasteiger partial charge in [-0.15, -0.1) is 11.3 Å². The first-order valence-electron chi connectivity index (χ1n) is 12.0. The van der Waals surface area contributed by atoms with Crippen molar-refractivity contribution in [3.05, 3.63) is 81.7 Å². The monoisotopic (exact) mass is 473 g/mol. The van der Waals surface area contributed by atoms with E-state index < -0.39 is 5.97 Å². The fourth-order valence-corrected chi connectivity index (χ4v) is 5.25. The van der Waals surface area contributed by atoms with Gasteiger partial charge in [-0.05, 0) is 72.4 Å². The van der Waals surface area contributed by atoms with Crippen LogP contribution in [0.25, 0.3) is 17.2 Å². The summed E-state index contributed by atoms with van der Waals surface area (Å²) >= 11 is 1.35. The number of ether oxygens (including phenoxy) is 1. The van der Waals surface area contributed by atoms with E-state index in [4.69, 9.17) is 4.74 Å². The highest BCUT2D eigenvalue weighted by Crippen LogP contribution is 2.38.